The van der Waals surface area contributed by atoms with Gasteiger partial charge in [-0.15, -0.1) is 0 Å². The zero-order valence-corrected chi connectivity index (χ0v) is 18.5. The number of hydrazone groups is 1. The summed E-state index contributed by atoms with van der Waals surface area (Å²) in [4.78, 5) is 24.7. The lowest BCUT2D eigenvalue weighted by Gasteiger charge is -2.10. The van der Waals surface area contributed by atoms with Gasteiger partial charge in [0, 0.05) is 5.56 Å². The number of nitrogens with zero attached hydrogens (tertiary/aromatic N) is 1. The van der Waals surface area contributed by atoms with Crippen LogP contribution in [0.5, 0.6) is 23.0 Å². The van der Waals surface area contributed by atoms with E-state index < -0.39 is 5.97 Å². The number of methoxy groups -OCH3 is 2. The maximum Gasteiger partial charge on any atom is 0.343 e. The van der Waals surface area contributed by atoms with Crippen LogP contribution in [0.15, 0.2) is 71.8 Å². The fourth-order valence-corrected chi connectivity index (χ4v) is 2.86. The Kier molecular flexibility index (Phi) is 8.02. The molecule has 0 fully saturated rings. The summed E-state index contributed by atoms with van der Waals surface area (Å²) in [6.45, 7) is 2.43. The topological polar surface area (TPSA) is 95.5 Å². The van der Waals surface area contributed by atoms with Crippen molar-refractivity contribution in [2.24, 2.45) is 5.10 Å². The summed E-state index contributed by atoms with van der Waals surface area (Å²) in [5.41, 5.74) is 3.89. The number of hydrogen-bond donors (Lipinski definition) is 1. The van der Waals surface area contributed by atoms with Crippen molar-refractivity contribution >= 4 is 18.1 Å². The van der Waals surface area contributed by atoms with Crippen molar-refractivity contribution in [1.29, 1.82) is 0 Å². The minimum atomic E-state index is -0.525. The zero-order chi connectivity index (χ0) is 23.6. The van der Waals surface area contributed by atoms with Gasteiger partial charge in [0.1, 0.15) is 11.5 Å². The smallest absolute Gasteiger partial charge is 0.343 e. The minimum Gasteiger partial charge on any atom is -0.497 e. The molecule has 3 aromatic rings. The Balaban J connectivity index is 1.65. The molecule has 0 heterocycles. The van der Waals surface area contributed by atoms with E-state index in [1.165, 1.54) is 20.4 Å². The molecule has 0 aliphatic carbocycles. The van der Waals surface area contributed by atoms with Gasteiger partial charge in [0.05, 0.1) is 32.6 Å². The third-order valence-electron chi connectivity index (χ3n) is 4.50. The molecule has 170 valence electrons. The number of nitrogens with one attached hydrogen (secondary N) is 1. The van der Waals surface area contributed by atoms with E-state index in [0.717, 1.165) is 0 Å². The Morgan fingerprint density at radius 3 is 2.36 bits per heavy atom. The number of carbonyl (C=O) groups excluding carboxylic acids is 2. The van der Waals surface area contributed by atoms with Crippen LogP contribution in [-0.4, -0.2) is 38.9 Å². The summed E-state index contributed by atoms with van der Waals surface area (Å²) in [6, 6.07) is 18.3. The Morgan fingerprint density at radius 2 is 1.67 bits per heavy atom. The van der Waals surface area contributed by atoms with Gasteiger partial charge in [-0.3, -0.25) is 4.79 Å². The van der Waals surface area contributed by atoms with Crippen molar-refractivity contribution in [2.45, 2.75) is 6.92 Å². The van der Waals surface area contributed by atoms with Crippen LogP contribution in [0.1, 0.15) is 33.2 Å². The summed E-state index contributed by atoms with van der Waals surface area (Å²) in [6.07, 6.45) is 1.46. The zero-order valence-electron chi connectivity index (χ0n) is 18.5. The Morgan fingerprint density at radius 1 is 0.879 bits per heavy atom. The highest BCUT2D eigenvalue weighted by Gasteiger charge is 2.13. The Bertz CT molecular complexity index is 1140. The first kappa shape index (κ1) is 23.3. The van der Waals surface area contributed by atoms with Crippen LogP contribution in [0.3, 0.4) is 0 Å². The predicted molar refractivity (Wildman–Crippen MR) is 124 cm³/mol. The van der Waals surface area contributed by atoms with Crippen LogP contribution in [0, 0.1) is 0 Å². The van der Waals surface area contributed by atoms with Gasteiger partial charge in [0.25, 0.3) is 5.91 Å². The first-order valence-corrected chi connectivity index (χ1v) is 10.1. The average Bonchev–Trinajstić information content (AvgIpc) is 2.85. The Hall–Kier alpha value is -4.33. The molecular formula is C25H24N2O6. The van der Waals surface area contributed by atoms with Crippen LogP contribution in [0.25, 0.3) is 0 Å². The molecule has 0 spiro atoms. The fourth-order valence-electron chi connectivity index (χ4n) is 2.86. The van der Waals surface area contributed by atoms with Crippen molar-refractivity contribution < 1.29 is 28.5 Å². The number of rotatable bonds is 9. The molecule has 8 nitrogen and oxygen atoms in total. The molecule has 0 radical (unpaired) electrons. The fraction of sp³-hybridized carbons (Fsp3) is 0.160. The van der Waals surface area contributed by atoms with Gasteiger partial charge in [0.2, 0.25) is 0 Å². The molecule has 0 saturated carbocycles. The standard InChI is InChI=1S/C25H24N2O6/c1-4-32-20-11-9-18(10-12-20)25(29)33-22-13-8-17(14-23(22)31-3)16-26-27-24(28)19-6-5-7-21(15-19)30-2/h5-16H,4H2,1-3H3,(H,27,28)/b26-16+. The second-order valence-electron chi connectivity index (χ2n) is 6.69. The molecule has 33 heavy (non-hydrogen) atoms. The highest BCUT2D eigenvalue weighted by Crippen LogP contribution is 2.28. The van der Waals surface area contributed by atoms with Gasteiger partial charge in [0.15, 0.2) is 11.5 Å². The minimum absolute atomic E-state index is 0.258. The lowest BCUT2D eigenvalue weighted by Crippen LogP contribution is -2.17. The van der Waals surface area contributed by atoms with Crippen molar-refractivity contribution in [3.8, 4) is 23.0 Å². The number of hydrogen-bond acceptors (Lipinski definition) is 7. The van der Waals surface area contributed by atoms with Gasteiger partial charge in [-0.2, -0.15) is 5.10 Å². The van der Waals surface area contributed by atoms with Crippen molar-refractivity contribution in [3.05, 3.63) is 83.4 Å². The van der Waals surface area contributed by atoms with E-state index in [2.05, 4.69) is 10.5 Å². The van der Waals surface area contributed by atoms with E-state index in [9.17, 15) is 9.59 Å². The van der Waals surface area contributed by atoms with E-state index in [4.69, 9.17) is 18.9 Å². The van der Waals surface area contributed by atoms with Crippen LogP contribution in [0.4, 0.5) is 0 Å². The number of ether oxygens (including phenoxy) is 4. The third-order valence-corrected chi connectivity index (χ3v) is 4.50. The van der Waals surface area contributed by atoms with Crippen molar-refractivity contribution in [1.82, 2.24) is 5.43 Å². The maximum atomic E-state index is 12.5. The van der Waals surface area contributed by atoms with E-state index >= 15 is 0 Å². The van der Waals surface area contributed by atoms with Crippen molar-refractivity contribution in [2.75, 3.05) is 20.8 Å². The molecule has 0 aliphatic rings. The summed E-state index contributed by atoms with van der Waals surface area (Å²) in [5.74, 6) is 0.952. The maximum absolute atomic E-state index is 12.5. The molecule has 0 aliphatic heterocycles. The largest absolute Gasteiger partial charge is 0.497 e. The summed E-state index contributed by atoms with van der Waals surface area (Å²) in [7, 11) is 3.00. The molecule has 1 amide bonds. The predicted octanol–water partition coefficient (Wildman–Crippen LogP) is 4.09. The molecule has 0 unspecified atom stereocenters. The number of carbonyl (C=O) groups is 2. The van der Waals surface area contributed by atoms with E-state index in [1.807, 2.05) is 6.92 Å². The lowest BCUT2D eigenvalue weighted by molar-refractivity contribution is 0.0729. The molecule has 1 N–H and O–H groups in total. The first-order chi connectivity index (χ1) is 16.0. The summed E-state index contributed by atoms with van der Waals surface area (Å²) < 4.78 is 21.3. The number of amides is 1. The molecular weight excluding hydrogens is 424 g/mol. The molecule has 3 rings (SSSR count). The van der Waals surface area contributed by atoms with Crippen LogP contribution in [0.2, 0.25) is 0 Å². The monoisotopic (exact) mass is 448 g/mol. The SMILES string of the molecule is CCOc1ccc(C(=O)Oc2ccc(/C=N/NC(=O)c3cccc(OC)c3)cc2OC)cc1. The van der Waals surface area contributed by atoms with Crippen LogP contribution < -0.4 is 24.4 Å². The number of esters is 1. The highest BCUT2D eigenvalue weighted by molar-refractivity contribution is 5.95. The van der Waals surface area contributed by atoms with Crippen LogP contribution in [-0.2, 0) is 0 Å². The average molecular weight is 448 g/mol. The van der Waals surface area contributed by atoms with Crippen molar-refractivity contribution in [3.63, 3.8) is 0 Å². The van der Waals surface area contributed by atoms with E-state index in [0.29, 0.717) is 40.5 Å². The molecule has 0 saturated heterocycles. The van der Waals surface area contributed by atoms with Gasteiger partial charge >= 0.3 is 5.97 Å². The van der Waals surface area contributed by atoms with Crippen LogP contribution >= 0.6 is 0 Å². The second kappa shape index (κ2) is 11.3. The Labute approximate surface area is 191 Å². The van der Waals surface area contributed by atoms with Gasteiger partial charge in [-0.1, -0.05) is 6.07 Å². The lowest BCUT2D eigenvalue weighted by atomic mass is 10.2. The molecule has 3 aromatic carbocycles. The number of benzene rings is 3. The highest BCUT2D eigenvalue weighted by atomic mass is 16.6. The van der Waals surface area contributed by atoms with E-state index in [-0.39, 0.29) is 11.7 Å². The molecule has 0 atom stereocenters. The van der Waals surface area contributed by atoms with Gasteiger partial charge < -0.3 is 18.9 Å². The first-order valence-electron chi connectivity index (χ1n) is 10.1. The quantitative estimate of drug-likeness (QED) is 0.229. The second-order valence-corrected chi connectivity index (χ2v) is 6.69. The summed E-state index contributed by atoms with van der Waals surface area (Å²) in [5, 5.41) is 3.97. The van der Waals surface area contributed by atoms with E-state index in [1.54, 1.807) is 66.7 Å². The van der Waals surface area contributed by atoms with Gasteiger partial charge in [-0.05, 0) is 73.2 Å². The van der Waals surface area contributed by atoms with Gasteiger partial charge in [-0.25, -0.2) is 10.2 Å². The molecule has 8 heteroatoms. The normalized spacial score (nSPS) is 10.5. The molecule has 0 bridgehead atoms. The third kappa shape index (κ3) is 6.33. The molecule has 0 aromatic heterocycles. The summed E-state index contributed by atoms with van der Waals surface area (Å²) >= 11 is 0.